The molecule has 116 valence electrons. The van der Waals surface area contributed by atoms with Crippen molar-refractivity contribution < 1.29 is 0 Å². The van der Waals surface area contributed by atoms with Gasteiger partial charge in [0.2, 0.25) is 5.95 Å². The number of nitrogens with zero attached hydrogens (tertiary/aromatic N) is 4. The minimum absolute atomic E-state index is 0.0459. The molecule has 1 atom stereocenters. The van der Waals surface area contributed by atoms with Gasteiger partial charge in [-0.15, -0.1) is 5.92 Å². The molecule has 0 bridgehead atoms. The summed E-state index contributed by atoms with van der Waals surface area (Å²) < 4.78 is 3.50. The molecule has 0 aromatic carbocycles. The van der Waals surface area contributed by atoms with Crippen LogP contribution >= 0.6 is 0 Å². The Bertz CT molecular complexity index is 808. The van der Waals surface area contributed by atoms with Crippen molar-refractivity contribution in [2.24, 2.45) is 12.8 Å². The van der Waals surface area contributed by atoms with Gasteiger partial charge >= 0.3 is 0 Å². The average molecular weight is 299 g/mol. The molecule has 0 spiro atoms. The van der Waals surface area contributed by atoms with Gasteiger partial charge in [0.15, 0.2) is 0 Å². The van der Waals surface area contributed by atoms with Crippen molar-refractivity contribution in [3.8, 4) is 11.8 Å². The smallest absolute Gasteiger partial charge is 0.276 e. The molecule has 2 aromatic rings. The summed E-state index contributed by atoms with van der Waals surface area (Å²) in [5.74, 6) is 6.74. The van der Waals surface area contributed by atoms with Crippen LogP contribution in [0.3, 0.4) is 0 Å². The molecule has 0 amide bonds. The molecule has 22 heavy (non-hydrogen) atoms. The standard InChI is InChI=1S/C16H21N5O/c1-3-4-9-21-14-13(7-10-19(2)15(14)22)18-16(21)20-8-5-6-12(17)11-20/h7,10,12H,5-6,8-9,11,17H2,1-2H3. The zero-order valence-electron chi connectivity index (χ0n) is 13.0. The quantitative estimate of drug-likeness (QED) is 0.828. The van der Waals surface area contributed by atoms with Crippen LogP contribution in [0.15, 0.2) is 17.1 Å². The van der Waals surface area contributed by atoms with Crippen LogP contribution in [0.2, 0.25) is 0 Å². The average Bonchev–Trinajstić information content (AvgIpc) is 2.88. The largest absolute Gasteiger partial charge is 0.341 e. The van der Waals surface area contributed by atoms with Gasteiger partial charge in [-0.3, -0.25) is 9.36 Å². The minimum atomic E-state index is -0.0459. The minimum Gasteiger partial charge on any atom is -0.341 e. The van der Waals surface area contributed by atoms with E-state index in [1.807, 2.05) is 10.6 Å². The number of anilines is 1. The number of aromatic nitrogens is 3. The van der Waals surface area contributed by atoms with Gasteiger partial charge in [0, 0.05) is 32.4 Å². The third-order valence-corrected chi connectivity index (χ3v) is 4.11. The van der Waals surface area contributed by atoms with Crippen molar-refractivity contribution in [1.29, 1.82) is 0 Å². The molecule has 1 unspecified atom stereocenters. The first-order valence-electron chi connectivity index (χ1n) is 7.58. The summed E-state index contributed by atoms with van der Waals surface area (Å²) in [6, 6.07) is 2.03. The lowest BCUT2D eigenvalue weighted by atomic mass is 10.1. The SMILES string of the molecule is CC#CCn1c(N2CCCC(N)C2)nc2ccn(C)c(=O)c21. The van der Waals surface area contributed by atoms with E-state index in [9.17, 15) is 4.79 Å². The molecule has 0 saturated carbocycles. The van der Waals surface area contributed by atoms with E-state index in [0.717, 1.165) is 37.4 Å². The highest BCUT2D eigenvalue weighted by Crippen LogP contribution is 2.23. The number of aryl methyl sites for hydroxylation is 1. The van der Waals surface area contributed by atoms with Crippen LogP contribution in [-0.4, -0.2) is 33.2 Å². The Hall–Kier alpha value is -2.26. The monoisotopic (exact) mass is 299 g/mol. The lowest BCUT2D eigenvalue weighted by molar-refractivity contribution is 0.496. The maximum absolute atomic E-state index is 12.5. The molecule has 6 nitrogen and oxygen atoms in total. The fraction of sp³-hybridized carbons (Fsp3) is 0.500. The van der Waals surface area contributed by atoms with Crippen LogP contribution in [-0.2, 0) is 13.6 Å². The first-order valence-corrected chi connectivity index (χ1v) is 7.58. The van der Waals surface area contributed by atoms with Gasteiger partial charge in [-0.05, 0) is 25.8 Å². The second-order valence-corrected chi connectivity index (χ2v) is 5.74. The number of imidazole rings is 1. The predicted molar refractivity (Wildman–Crippen MR) is 87.8 cm³/mol. The van der Waals surface area contributed by atoms with Gasteiger partial charge in [-0.1, -0.05) is 5.92 Å². The van der Waals surface area contributed by atoms with Gasteiger partial charge in [0.1, 0.15) is 5.52 Å². The van der Waals surface area contributed by atoms with Crippen LogP contribution < -0.4 is 16.2 Å². The fourth-order valence-corrected chi connectivity index (χ4v) is 2.96. The molecule has 3 rings (SSSR count). The van der Waals surface area contributed by atoms with Gasteiger partial charge in [0.25, 0.3) is 5.56 Å². The summed E-state index contributed by atoms with van der Waals surface area (Å²) in [5.41, 5.74) is 7.37. The normalized spacial score (nSPS) is 18.3. The molecule has 1 saturated heterocycles. The highest BCUT2D eigenvalue weighted by Gasteiger charge is 2.23. The summed E-state index contributed by atoms with van der Waals surface area (Å²) in [6.07, 6.45) is 3.83. The van der Waals surface area contributed by atoms with E-state index in [1.165, 1.54) is 0 Å². The van der Waals surface area contributed by atoms with Crippen molar-refractivity contribution in [3.05, 3.63) is 22.6 Å². The predicted octanol–water partition coefficient (Wildman–Crippen LogP) is 0.686. The van der Waals surface area contributed by atoms with Gasteiger partial charge < -0.3 is 15.2 Å². The fourth-order valence-electron chi connectivity index (χ4n) is 2.96. The number of fused-ring (bicyclic) bond motifs is 1. The summed E-state index contributed by atoms with van der Waals surface area (Å²) >= 11 is 0. The number of pyridine rings is 1. The number of hydrogen-bond donors (Lipinski definition) is 1. The van der Waals surface area contributed by atoms with Crippen LogP contribution in [0.1, 0.15) is 19.8 Å². The molecule has 2 aromatic heterocycles. The number of hydrogen-bond acceptors (Lipinski definition) is 4. The second-order valence-electron chi connectivity index (χ2n) is 5.74. The summed E-state index contributed by atoms with van der Waals surface area (Å²) in [4.78, 5) is 19.3. The third-order valence-electron chi connectivity index (χ3n) is 4.11. The van der Waals surface area contributed by atoms with E-state index in [-0.39, 0.29) is 11.6 Å². The Morgan fingerprint density at radius 3 is 3.05 bits per heavy atom. The third kappa shape index (κ3) is 2.48. The van der Waals surface area contributed by atoms with Crippen LogP contribution in [0.4, 0.5) is 5.95 Å². The summed E-state index contributed by atoms with van der Waals surface area (Å²) in [6.45, 7) is 3.95. The molecule has 1 aliphatic heterocycles. The van der Waals surface area contributed by atoms with E-state index in [2.05, 4.69) is 21.7 Å². The molecule has 2 N–H and O–H groups in total. The van der Waals surface area contributed by atoms with Crippen molar-refractivity contribution in [1.82, 2.24) is 14.1 Å². The molecule has 0 radical (unpaired) electrons. The number of piperidine rings is 1. The topological polar surface area (TPSA) is 69.1 Å². The molecular weight excluding hydrogens is 278 g/mol. The van der Waals surface area contributed by atoms with E-state index >= 15 is 0 Å². The van der Waals surface area contributed by atoms with E-state index < -0.39 is 0 Å². The number of rotatable bonds is 2. The summed E-state index contributed by atoms with van der Waals surface area (Å²) in [7, 11) is 1.75. The molecule has 0 aliphatic carbocycles. The summed E-state index contributed by atoms with van der Waals surface area (Å²) in [5, 5.41) is 0. The van der Waals surface area contributed by atoms with Crippen molar-refractivity contribution >= 4 is 17.0 Å². The zero-order valence-corrected chi connectivity index (χ0v) is 13.0. The molecule has 1 aliphatic rings. The maximum atomic E-state index is 12.5. The van der Waals surface area contributed by atoms with Gasteiger partial charge in [0.05, 0.1) is 12.1 Å². The highest BCUT2D eigenvalue weighted by atomic mass is 16.1. The Morgan fingerprint density at radius 2 is 2.32 bits per heavy atom. The zero-order chi connectivity index (χ0) is 15.7. The van der Waals surface area contributed by atoms with Crippen LogP contribution in [0.25, 0.3) is 11.0 Å². The Balaban J connectivity index is 2.17. The van der Waals surface area contributed by atoms with Crippen molar-refractivity contribution in [3.63, 3.8) is 0 Å². The van der Waals surface area contributed by atoms with E-state index in [0.29, 0.717) is 12.1 Å². The van der Waals surface area contributed by atoms with Gasteiger partial charge in [-0.2, -0.15) is 0 Å². The molecule has 3 heterocycles. The van der Waals surface area contributed by atoms with E-state index in [4.69, 9.17) is 5.73 Å². The first kappa shape index (κ1) is 14.7. The van der Waals surface area contributed by atoms with Crippen molar-refractivity contribution in [2.45, 2.75) is 32.4 Å². The highest BCUT2D eigenvalue weighted by molar-refractivity contribution is 5.78. The first-order chi connectivity index (χ1) is 10.6. The van der Waals surface area contributed by atoms with Crippen molar-refractivity contribution in [2.75, 3.05) is 18.0 Å². The molecule has 1 fully saturated rings. The lowest BCUT2D eigenvalue weighted by Crippen LogP contribution is -2.44. The second kappa shape index (κ2) is 5.85. The Labute approximate surface area is 129 Å². The van der Waals surface area contributed by atoms with Crippen LogP contribution in [0.5, 0.6) is 0 Å². The van der Waals surface area contributed by atoms with Crippen LogP contribution in [0, 0.1) is 11.8 Å². The Kier molecular flexibility index (Phi) is 3.90. The maximum Gasteiger partial charge on any atom is 0.276 e. The lowest BCUT2D eigenvalue weighted by Gasteiger charge is -2.31. The van der Waals surface area contributed by atoms with E-state index in [1.54, 1.807) is 24.7 Å². The van der Waals surface area contributed by atoms with Gasteiger partial charge in [-0.25, -0.2) is 4.98 Å². The molecule has 6 heteroatoms. The molecular formula is C16H21N5O. The Morgan fingerprint density at radius 1 is 1.50 bits per heavy atom. The number of nitrogens with two attached hydrogens (primary N) is 1.